The topological polar surface area (TPSA) is 111 Å². The van der Waals surface area contributed by atoms with Gasteiger partial charge < -0.3 is 20.1 Å². The van der Waals surface area contributed by atoms with Crippen LogP contribution in [-0.4, -0.2) is 53.1 Å². The van der Waals surface area contributed by atoms with Gasteiger partial charge in [0.25, 0.3) is 0 Å². The van der Waals surface area contributed by atoms with E-state index in [1.165, 1.54) is 18.9 Å². The number of cyclic esters (lactones) is 1. The number of nitrogens with two attached hydrogens (primary N) is 1. The molecule has 2 aliphatic heterocycles. The summed E-state index contributed by atoms with van der Waals surface area (Å²) in [5.41, 5.74) is 4.00. The highest BCUT2D eigenvalue weighted by Crippen LogP contribution is 2.42. The third-order valence-electron chi connectivity index (χ3n) is 7.86. The molecule has 2 aliphatic rings. The number of benzene rings is 2. The third-order valence-corrected chi connectivity index (χ3v) is 7.86. The molecule has 9 nitrogen and oxygen atoms in total. The fraction of sp³-hybridized carbons (Fsp3) is 0.400. The number of carbonyl (C=O) groups excluding carboxylic acids is 2. The van der Waals surface area contributed by atoms with E-state index in [-0.39, 0.29) is 19.0 Å². The number of alkyl halides is 6. The van der Waals surface area contributed by atoms with Crippen LogP contribution in [0.1, 0.15) is 53.8 Å². The van der Waals surface area contributed by atoms with Gasteiger partial charge in [-0.25, -0.2) is 14.8 Å². The van der Waals surface area contributed by atoms with Gasteiger partial charge in [0.2, 0.25) is 11.9 Å². The second-order valence-electron chi connectivity index (χ2n) is 10.9. The number of ether oxygens (including phenoxy) is 2. The fourth-order valence-corrected chi connectivity index (χ4v) is 5.27. The zero-order chi connectivity index (χ0) is 32.7. The van der Waals surface area contributed by atoms with Crippen molar-refractivity contribution < 1.29 is 45.4 Å². The Bertz CT molecular complexity index is 1580. The number of aromatic nitrogens is 2. The third kappa shape index (κ3) is 6.76. The lowest BCUT2D eigenvalue weighted by atomic mass is 9.97. The molecule has 240 valence electrons. The van der Waals surface area contributed by atoms with Gasteiger partial charge in [0.05, 0.1) is 36.5 Å². The van der Waals surface area contributed by atoms with Crippen molar-refractivity contribution in [2.45, 2.75) is 57.2 Å². The molecule has 15 heteroatoms. The van der Waals surface area contributed by atoms with Crippen molar-refractivity contribution in [1.29, 1.82) is 0 Å². The Labute approximate surface area is 253 Å². The van der Waals surface area contributed by atoms with E-state index in [9.17, 15) is 35.9 Å². The lowest BCUT2D eigenvalue weighted by Gasteiger charge is -2.31. The Morgan fingerprint density at radius 1 is 1.04 bits per heavy atom. The molecule has 2 N–H and O–H groups in total. The largest absolute Gasteiger partial charge is 0.496 e. The number of rotatable bonds is 9. The van der Waals surface area contributed by atoms with Crippen LogP contribution in [-0.2, 0) is 34.8 Å². The number of anilines is 1. The molecule has 2 saturated heterocycles. The number of aryl methyl sites for hydroxylation is 1. The summed E-state index contributed by atoms with van der Waals surface area (Å²) >= 11 is 0. The molecule has 2 aromatic carbocycles. The van der Waals surface area contributed by atoms with Gasteiger partial charge in [-0.2, -0.15) is 26.3 Å². The number of methoxy groups -OCH3 is 1. The summed E-state index contributed by atoms with van der Waals surface area (Å²) in [4.78, 5) is 36.8. The van der Waals surface area contributed by atoms with Gasteiger partial charge in [0.1, 0.15) is 11.9 Å². The molecule has 2 atom stereocenters. The maximum atomic E-state index is 13.5. The first-order chi connectivity index (χ1) is 21.2. The van der Waals surface area contributed by atoms with Crippen molar-refractivity contribution in [3.05, 3.63) is 70.5 Å². The van der Waals surface area contributed by atoms with Crippen LogP contribution >= 0.6 is 0 Å². The summed E-state index contributed by atoms with van der Waals surface area (Å²) in [7, 11) is 1.46. The molecule has 5 rings (SSSR count). The van der Waals surface area contributed by atoms with Gasteiger partial charge in [-0.3, -0.25) is 9.69 Å². The van der Waals surface area contributed by atoms with Crippen LogP contribution in [0.5, 0.6) is 5.75 Å². The zero-order valence-corrected chi connectivity index (χ0v) is 24.2. The highest BCUT2D eigenvalue weighted by Gasteiger charge is 2.43. The summed E-state index contributed by atoms with van der Waals surface area (Å²) < 4.78 is 92.2. The number of halogens is 6. The zero-order valence-electron chi connectivity index (χ0n) is 24.2. The van der Waals surface area contributed by atoms with Gasteiger partial charge in [0, 0.05) is 36.8 Å². The standard InChI is InChI=1S/C30H29F6N5O4/c1-16-26(18-11-19(29(31,32)33)13-20(12-18)30(34,35)36)45-28(43)41(16)15-23-22(14-38-27(39-23)40-8-3-9-40)21-10-17(5-7-25(37)42)4-6-24(21)44-2/h4,6,10-14,16,26H,3,5,7-9,15H2,1-2H3,(H2,37,42)/t16-,26-/m0/s1. The molecule has 45 heavy (non-hydrogen) atoms. The molecule has 1 aromatic heterocycles. The van der Waals surface area contributed by atoms with Gasteiger partial charge in [-0.15, -0.1) is 0 Å². The van der Waals surface area contributed by atoms with Crippen molar-refractivity contribution in [1.82, 2.24) is 14.9 Å². The summed E-state index contributed by atoms with van der Waals surface area (Å²) in [6.45, 7) is 2.71. The Morgan fingerprint density at radius 2 is 1.71 bits per heavy atom. The maximum absolute atomic E-state index is 13.5. The fourth-order valence-electron chi connectivity index (χ4n) is 5.27. The van der Waals surface area contributed by atoms with Crippen molar-refractivity contribution in [2.24, 2.45) is 5.73 Å². The first-order valence-corrected chi connectivity index (χ1v) is 14.0. The Kier molecular flexibility index (Phi) is 8.55. The highest BCUT2D eigenvalue weighted by atomic mass is 19.4. The van der Waals surface area contributed by atoms with Crippen LogP contribution in [0.2, 0.25) is 0 Å². The Balaban J connectivity index is 1.53. The first-order valence-electron chi connectivity index (χ1n) is 14.0. The number of carbonyl (C=O) groups is 2. The molecule has 0 saturated carbocycles. The summed E-state index contributed by atoms with van der Waals surface area (Å²) in [6, 6.07) is 5.44. The van der Waals surface area contributed by atoms with Crippen LogP contribution in [0.25, 0.3) is 11.1 Å². The van der Waals surface area contributed by atoms with E-state index in [1.54, 1.807) is 24.4 Å². The number of hydrogen-bond acceptors (Lipinski definition) is 7. The Hall–Kier alpha value is -4.56. The van der Waals surface area contributed by atoms with Gasteiger partial charge in [-0.1, -0.05) is 6.07 Å². The monoisotopic (exact) mass is 637 g/mol. The lowest BCUT2D eigenvalue weighted by Crippen LogP contribution is -2.39. The van der Waals surface area contributed by atoms with E-state index in [1.807, 2.05) is 4.90 Å². The summed E-state index contributed by atoms with van der Waals surface area (Å²) in [6.07, 6.45) is -9.52. The molecule has 0 radical (unpaired) electrons. The van der Waals surface area contributed by atoms with E-state index < -0.39 is 53.2 Å². The quantitative estimate of drug-likeness (QED) is 0.291. The average Bonchev–Trinajstić information content (AvgIpc) is 3.22. The molecule has 3 heterocycles. The first kappa shape index (κ1) is 31.9. The lowest BCUT2D eigenvalue weighted by molar-refractivity contribution is -0.143. The highest BCUT2D eigenvalue weighted by molar-refractivity contribution is 5.76. The minimum absolute atomic E-state index is 0.0259. The molecular weight excluding hydrogens is 608 g/mol. The van der Waals surface area contributed by atoms with Crippen LogP contribution in [0.4, 0.5) is 37.1 Å². The summed E-state index contributed by atoms with van der Waals surface area (Å²) in [5.74, 6) is 0.362. The SMILES string of the molecule is COc1ccc(CCC(N)=O)cc1-c1cnc(N2CCC2)nc1CN1C(=O)O[C@H](c2cc(C(F)(F)F)cc(C(F)(F)F)c2)[C@@H]1C. The number of amides is 2. The molecule has 0 unspecified atom stereocenters. The number of hydrogen-bond donors (Lipinski definition) is 1. The molecule has 3 aromatic rings. The van der Waals surface area contributed by atoms with Crippen LogP contribution in [0.3, 0.4) is 0 Å². The van der Waals surface area contributed by atoms with Crippen molar-refractivity contribution >= 4 is 17.9 Å². The predicted molar refractivity (Wildman–Crippen MR) is 149 cm³/mol. The van der Waals surface area contributed by atoms with Crippen LogP contribution < -0.4 is 15.4 Å². The van der Waals surface area contributed by atoms with Crippen LogP contribution in [0, 0.1) is 0 Å². The van der Waals surface area contributed by atoms with E-state index in [2.05, 4.69) is 4.98 Å². The number of nitrogens with zero attached hydrogens (tertiary/aromatic N) is 4. The van der Waals surface area contributed by atoms with Crippen molar-refractivity contribution in [2.75, 3.05) is 25.1 Å². The predicted octanol–water partition coefficient (Wildman–Crippen LogP) is 5.90. The van der Waals surface area contributed by atoms with Gasteiger partial charge in [-0.05, 0) is 61.2 Å². The smallest absolute Gasteiger partial charge is 0.416 e. The molecule has 2 fully saturated rings. The van der Waals surface area contributed by atoms with Crippen molar-refractivity contribution in [3.8, 4) is 16.9 Å². The second kappa shape index (κ2) is 12.1. The molecular formula is C30H29F6N5O4. The average molecular weight is 638 g/mol. The molecule has 2 amide bonds. The van der Waals surface area contributed by atoms with E-state index in [4.69, 9.17) is 20.2 Å². The Morgan fingerprint density at radius 3 is 2.27 bits per heavy atom. The maximum Gasteiger partial charge on any atom is 0.416 e. The second-order valence-corrected chi connectivity index (χ2v) is 10.9. The normalized spacial score (nSPS) is 18.5. The van der Waals surface area contributed by atoms with E-state index >= 15 is 0 Å². The molecule has 0 spiro atoms. The molecule has 0 bridgehead atoms. The van der Waals surface area contributed by atoms with Gasteiger partial charge >= 0.3 is 18.4 Å². The summed E-state index contributed by atoms with van der Waals surface area (Å²) in [5, 5.41) is 0. The van der Waals surface area contributed by atoms with Gasteiger partial charge in [0.15, 0.2) is 0 Å². The van der Waals surface area contributed by atoms with Crippen molar-refractivity contribution in [3.63, 3.8) is 0 Å². The minimum atomic E-state index is -5.06. The van der Waals surface area contributed by atoms with Crippen LogP contribution in [0.15, 0.2) is 42.6 Å². The van der Waals surface area contributed by atoms with E-state index in [0.29, 0.717) is 60.2 Å². The molecule has 0 aliphatic carbocycles. The minimum Gasteiger partial charge on any atom is -0.496 e. The van der Waals surface area contributed by atoms with E-state index in [0.717, 1.165) is 12.0 Å². The number of primary amides is 1.